The number of carbonyl (C=O) groups excluding carboxylic acids is 1. The van der Waals surface area contributed by atoms with E-state index in [0.29, 0.717) is 18.1 Å². The van der Waals surface area contributed by atoms with Gasteiger partial charge >= 0.3 is 0 Å². The summed E-state index contributed by atoms with van der Waals surface area (Å²) in [5.41, 5.74) is 1.47. The van der Waals surface area contributed by atoms with Gasteiger partial charge in [0, 0.05) is 11.8 Å². The largest absolute Gasteiger partial charge is 0.299 e. The van der Waals surface area contributed by atoms with Crippen LogP contribution in [0.2, 0.25) is 0 Å². The first-order valence-electron chi connectivity index (χ1n) is 7.74. The average Bonchev–Trinajstić information content (AvgIpc) is 2.66. The van der Waals surface area contributed by atoms with Crippen molar-refractivity contribution in [3.63, 3.8) is 0 Å². The fourth-order valence-corrected chi connectivity index (χ4v) is 3.10. The zero-order valence-corrected chi connectivity index (χ0v) is 13.5. The molecule has 19 heavy (non-hydrogen) atoms. The standard InChI is InChI=1S/C18H30O/c1-7-16(19)18(8-2,9-3)13-12-15-11-10-14(4)17(15,5)6/h10,12-13,15H,7-9,11H2,1-6H3/b13-12+. The summed E-state index contributed by atoms with van der Waals surface area (Å²) >= 11 is 0. The van der Waals surface area contributed by atoms with Gasteiger partial charge in [-0.15, -0.1) is 0 Å². The van der Waals surface area contributed by atoms with Crippen molar-refractivity contribution in [2.24, 2.45) is 16.7 Å². The van der Waals surface area contributed by atoms with Gasteiger partial charge in [0.15, 0.2) is 0 Å². The molecule has 1 atom stereocenters. The Bertz CT molecular complexity index is 380. The summed E-state index contributed by atoms with van der Waals surface area (Å²) in [6, 6.07) is 0. The molecule has 1 rings (SSSR count). The lowest BCUT2D eigenvalue weighted by Crippen LogP contribution is -2.28. The van der Waals surface area contributed by atoms with E-state index >= 15 is 0 Å². The van der Waals surface area contributed by atoms with E-state index in [1.54, 1.807) is 0 Å². The Morgan fingerprint density at radius 2 is 1.95 bits per heavy atom. The summed E-state index contributed by atoms with van der Waals surface area (Å²) in [6.07, 6.45) is 10.4. The normalized spacial score (nSPS) is 22.8. The number of allylic oxidation sites excluding steroid dienone is 4. The molecule has 1 unspecified atom stereocenters. The minimum absolute atomic E-state index is 0.235. The molecular formula is C18H30O. The molecule has 1 nitrogen and oxygen atoms in total. The lowest BCUT2D eigenvalue weighted by molar-refractivity contribution is -0.126. The first kappa shape index (κ1) is 16.2. The number of hydrogen-bond donors (Lipinski definition) is 0. The number of ketones is 1. The van der Waals surface area contributed by atoms with Crippen molar-refractivity contribution in [2.75, 3.05) is 0 Å². The van der Waals surface area contributed by atoms with Gasteiger partial charge in [-0.1, -0.05) is 58.4 Å². The maximum Gasteiger partial charge on any atom is 0.142 e. The van der Waals surface area contributed by atoms with Crippen molar-refractivity contribution in [2.45, 2.75) is 67.2 Å². The summed E-state index contributed by atoms with van der Waals surface area (Å²) in [5, 5.41) is 0. The fourth-order valence-electron chi connectivity index (χ4n) is 3.10. The van der Waals surface area contributed by atoms with Crippen molar-refractivity contribution in [3.05, 3.63) is 23.8 Å². The Morgan fingerprint density at radius 3 is 2.32 bits per heavy atom. The molecule has 1 aliphatic carbocycles. The van der Waals surface area contributed by atoms with Crippen molar-refractivity contribution < 1.29 is 4.79 Å². The van der Waals surface area contributed by atoms with E-state index in [9.17, 15) is 4.79 Å². The van der Waals surface area contributed by atoms with Crippen LogP contribution in [0.4, 0.5) is 0 Å². The monoisotopic (exact) mass is 262 g/mol. The second kappa shape index (κ2) is 6.07. The van der Waals surface area contributed by atoms with E-state index in [0.717, 1.165) is 19.3 Å². The molecule has 1 aliphatic rings. The van der Waals surface area contributed by atoms with Crippen LogP contribution >= 0.6 is 0 Å². The second-order valence-corrected chi connectivity index (χ2v) is 6.45. The molecule has 0 saturated carbocycles. The molecule has 0 aromatic carbocycles. The molecule has 0 aromatic heterocycles. The predicted octanol–water partition coefficient (Wildman–Crippen LogP) is 5.32. The van der Waals surface area contributed by atoms with Gasteiger partial charge in [-0.2, -0.15) is 0 Å². The van der Waals surface area contributed by atoms with Gasteiger partial charge in [-0.05, 0) is 37.5 Å². The Labute approximate surface area is 119 Å². The zero-order chi connectivity index (χ0) is 14.7. The molecule has 0 radical (unpaired) electrons. The maximum absolute atomic E-state index is 12.3. The molecule has 0 spiro atoms. The van der Waals surface area contributed by atoms with Crippen LogP contribution in [0.1, 0.15) is 67.2 Å². The van der Waals surface area contributed by atoms with E-state index in [1.807, 2.05) is 6.92 Å². The Kier molecular flexibility index (Phi) is 5.18. The van der Waals surface area contributed by atoms with E-state index in [1.165, 1.54) is 5.57 Å². The van der Waals surface area contributed by atoms with Crippen LogP contribution in [-0.4, -0.2) is 5.78 Å². The van der Waals surface area contributed by atoms with Crippen LogP contribution in [0, 0.1) is 16.7 Å². The highest BCUT2D eigenvalue weighted by atomic mass is 16.1. The highest BCUT2D eigenvalue weighted by Gasteiger charge is 2.35. The van der Waals surface area contributed by atoms with Crippen molar-refractivity contribution in [1.82, 2.24) is 0 Å². The van der Waals surface area contributed by atoms with Crippen LogP contribution in [0.15, 0.2) is 23.8 Å². The SMILES string of the molecule is CCC(=O)C(/C=C/C1CC=C(C)C1(C)C)(CC)CC. The zero-order valence-electron chi connectivity index (χ0n) is 13.5. The molecule has 108 valence electrons. The maximum atomic E-state index is 12.3. The summed E-state index contributed by atoms with van der Waals surface area (Å²) in [5.74, 6) is 0.920. The van der Waals surface area contributed by atoms with Crippen molar-refractivity contribution in [1.29, 1.82) is 0 Å². The minimum Gasteiger partial charge on any atom is -0.299 e. The van der Waals surface area contributed by atoms with Gasteiger partial charge in [0.05, 0.1) is 0 Å². The molecule has 0 N–H and O–H groups in total. The molecular weight excluding hydrogens is 232 g/mol. The highest BCUT2D eigenvalue weighted by molar-refractivity contribution is 5.86. The number of hydrogen-bond acceptors (Lipinski definition) is 1. The van der Waals surface area contributed by atoms with E-state index < -0.39 is 0 Å². The van der Waals surface area contributed by atoms with Gasteiger partial charge in [0.1, 0.15) is 5.78 Å². The third-order valence-corrected chi connectivity index (χ3v) is 5.41. The van der Waals surface area contributed by atoms with Crippen molar-refractivity contribution >= 4 is 5.78 Å². The van der Waals surface area contributed by atoms with Crippen LogP contribution < -0.4 is 0 Å². The number of rotatable bonds is 6. The van der Waals surface area contributed by atoms with Gasteiger partial charge in [-0.3, -0.25) is 4.79 Å². The molecule has 1 heteroatoms. The van der Waals surface area contributed by atoms with Crippen molar-refractivity contribution in [3.8, 4) is 0 Å². The van der Waals surface area contributed by atoms with Crippen LogP contribution in [-0.2, 0) is 4.79 Å². The molecule has 0 bridgehead atoms. The van der Waals surface area contributed by atoms with E-state index in [-0.39, 0.29) is 10.8 Å². The van der Waals surface area contributed by atoms with Gasteiger partial charge in [0.25, 0.3) is 0 Å². The summed E-state index contributed by atoms with van der Waals surface area (Å²) < 4.78 is 0. The topological polar surface area (TPSA) is 17.1 Å². The second-order valence-electron chi connectivity index (χ2n) is 6.45. The van der Waals surface area contributed by atoms with E-state index in [2.05, 4.69) is 52.8 Å². The highest BCUT2D eigenvalue weighted by Crippen LogP contribution is 2.44. The average molecular weight is 262 g/mol. The molecule has 0 heterocycles. The number of Topliss-reactive ketones (excluding diaryl/α,β-unsaturated/α-hetero) is 1. The first-order chi connectivity index (χ1) is 8.84. The summed E-state index contributed by atoms with van der Waals surface area (Å²) in [4.78, 5) is 12.3. The lowest BCUT2D eigenvalue weighted by atomic mass is 9.73. The fraction of sp³-hybridized carbons (Fsp3) is 0.722. The molecule has 0 saturated heterocycles. The smallest absolute Gasteiger partial charge is 0.142 e. The quantitative estimate of drug-likeness (QED) is 0.592. The summed E-state index contributed by atoms with van der Waals surface area (Å²) in [6.45, 7) is 13.1. The minimum atomic E-state index is -0.235. The number of carbonyl (C=O) groups is 1. The summed E-state index contributed by atoms with van der Waals surface area (Å²) in [7, 11) is 0. The molecule has 0 amide bonds. The Hall–Kier alpha value is -0.850. The van der Waals surface area contributed by atoms with Gasteiger partial charge in [-0.25, -0.2) is 0 Å². The predicted molar refractivity (Wildman–Crippen MR) is 83.1 cm³/mol. The lowest BCUT2D eigenvalue weighted by Gasteiger charge is -2.30. The third-order valence-electron chi connectivity index (χ3n) is 5.41. The Morgan fingerprint density at radius 1 is 1.37 bits per heavy atom. The van der Waals surface area contributed by atoms with E-state index in [4.69, 9.17) is 0 Å². The Balaban J connectivity index is 2.93. The molecule has 0 fully saturated rings. The van der Waals surface area contributed by atoms with Crippen LogP contribution in [0.5, 0.6) is 0 Å². The van der Waals surface area contributed by atoms with Gasteiger partial charge in [0.2, 0.25) is 0 Å². The van der Waals surface area contributed by atoms with Crippen LogP contribution in [0.3, 0.4) is 0 Å². The first-order valence-corrected chi connectivity index (χ1v) is 7.74. The van der Waals surface area contributed by atoms with Crippen LogP contribution in [0.25, 0.3) is 0 Å². The molecule has 0 aromatic rings. The third kappa shape index (κ3) is 3.01. The molecule has 0 aliphatic heterocycles. The van der Waals surface area contributed by atoms with Gasteiger partial charge < -0.3 is 0 Å².